The van der Waals surface area contributed by atoms with Gasteiger partial charge in [0, 0.05) is 31.5 Å². The van der Waals surface area contributed by atoms with Crippen molar-refractivity contribution < 1.29 is 9.47 Å². The molecule has 2 heterocycles. The number of ether oxygens (including phenoxy) is 2. The predicted molar refractivity (Wildman–Crippen MR) is 122 cm³/mol. The maximum absolute atomic E-state index is 5.81. The van der Waals surface area contributed by atoms with Crippen molar-refractivity contribution in [2.24, 2.45) is 0 Å². The number of rotatable bonds is 5. The van der Waals surface area contributed by atoms with Crippen LogP contribution in [0.15, 0.2) is 53.3 Å². The average molecular weight is 459 g/mol. The van der Waals surface area contributed by atoms with E-state index in [9.17, 15) is 0 Å². The van der Waals surface area contributed by atoms with Crippen LogP contribution in [-0.2, 0) is 11.3 Å². The molecule has 0 radical (unpaired) electrons. The van der Waals surface area contributed by atoms with Gasteiger partial charge >= 0.3 is 0 Å². The van der Waals surface area contributed by atoms with Crippen molar-refractivity contribution in [1.29, 1.82) is 0 Å². The molecule has 4 nitrogen and oxygen atoms in total. The van der Waals surface area contributed by atoms with Gasteiger partial charge in [-0.15, -0.1) is 0 Å². The minimum absolute atomic E-state index is 0.168. The third-order valence-electron chi connectivity index (χ3n) is 5.07. The zero-order chi connectivity index (χ0) is 20.6. The SMILES string of the molecule is CC(C)Oc1cc2nc(C3CCCCC3)cn2cc1Br.COCc1ccccc1. The van der Waals surface area contributed by atoms with Gasteiger partial charge in [-0.2, -0.15) is 0 Å². The summed E-state index contributed by atoms with van der Waals surface area (Å²) < 4.78 is 13.8. The van der Waals surface area contributed by atoms with Gasteiger partial charge in [-0.1, -0.05) is 49.6 Å². The van der Waals surface area contributed by atoms with Gasteiger partial charge in [-0.25, -0.2) is 4.98 Å². The zero-order valence-electron chi connectivity index (χ0n) is 17.6. The van der Waals surface area contributed by atoms with Crippen molar-refractivity contribution in [1.82, 2.24) is 9.38 Å². The highest BCUT2D eigenvalue weighted by Crippen LogP contribution is 2.33. The lowest BCUT2D eigenvalue weighted by Gasteiger charge is -2.19. The smallest absolute Gasteiger partial charge is 0.140 e. The first-order valence-corrected chi connectivity index (χ1v) is 11.2. The number of aromatic nitrogens is 2. The average Bonchev–Trinajstić information content (AvgIpc) is 3.13. The summed E-state index contributed by atoms with van der Waals surface area (Å²) in [6.45, 7) is 4.78. The van der Waals surface area contributed by atoms with Gasteiger partial charge in [0.1, 0.15) is 11.4 Å². The molecule has 0 aliphatic heterocycles. The van der Waals surface area contributed by atoms with Crippen molar-refractivity contribution in [3.8, 4) is 5.75 Å². The lowest BCUT2D eigenvalue weighted by atomic mass is 9.87. The van der Waals surface area contributed by atoms with Crippen molar-refractivity contribution >= 4 is 21.6 Å². The molecule has 4 rings (SSSR count). The number of hydrogen-bond donors (Lipinski definition) is 0. The van der Waals surface area contributed by atoms with Crippen LogP contribution >= 0.6 is 15.9 Å². The molecule has 0 N–H and O–H groups in total. The first-order chi connectivity index (χ1) is 14.1. The molecule has 0 bridgehead atoms. The predicted octanol–water partition coefficient (Wildman–Crippen LogP) is 6.76. The molecule has 1 saturated carbocycles. The maximum Gasteiger partial charge on any atom is 0.140 e. The summed E-state index contributed by atoms with van der Waals surface area (Å²) in [6.07, 6.45) is 11.0. The van der Waals surface area contributed by atoms with E-state index < -0.39 is 0 Å². The number of pyridine rings is 1. The fourth-order valence-corrected chi connectivity index (χ4v) is 4.12. The van der Waals surface area contributed by atoms with E-state index in [1.54, 1.807) is 7.11 Å². The van der Waals surface area contributed by atoms with Crippen molar-refractivity contribution in [3.63, 3.8) is 0 Å². The molecule has 156 valence electrons. The second-order valence-electron chi connectivity index (χ2n) is 7.84. The fraction of sp³-hybridized carbons (Fsp3) is 0.458. The third kappa shape index (κ3) is 6.31. The molecular weight excluding hydrogens is 428 g/mol. The van der Waals surface area contributed by atoms with Crippen LogP contribution in [0, 0.1) is 0 Å². The monoisotopic (exact) mass is 458 g/mol. The normalized spacial score (nSPS) is 14.7. The van der Waals surface area contributed by atoms with Gasteiger partial charge in [0.25, 0.3) is 0 Å². The fourth-order valence-electron chi connectivity index (χ4n) is 3.69. The first-order valence-electron chi connectivity index (χ1n) is 10.4. The second kappa shape index (κ2) is 10.8. The molecule has 1 fully saturated rings. The van der Waals surface area contributed by atoms with E-state index in [1.807, 2.05) is 56.4 Å². The van der Waals surface area contributed by atoms with E-state index in [4.69, 9.17) is 14.5 Å². The maximum atomic E-state index is 5.81. The van der Waals surface area contributed by atoms with Crippen LogP contribution in [-0.4, -0.2) is 22.6 Å². The molecule has 0 unspecified atom stereocenters. The Balaban J connectivity index is 0.000000224. The van der Waals surface area contributed by atoms with Crippen molar-refractivity contribution in [2.75, 3.05) is 7.11 Å². The minimum Gasteiger partial charge on any atom is -0.490 e. The molecule has 5 heteroatoms. The molecule has 2 aromatic heterocycles. The molecule has 3 aromatic rings. The van der Waals surface area contributed by atoms with Crippen LogP contribution in [0.25, 0.3) is 5.65 Å². The Labute approximate surface area is 182 Å². The Bertz CT molecular complexity index is 887. The summed E-state index contributed by atoms with van der Waals surface area (Å²) >= 11 is 3.58. The summed E-state index contributed by atoms with van der Waals surface area (Å²) in [7, 11) is 1.70. The molecule has 0 amide bonds. The zero-order valence-corrected chi connectivity index (χ0v) is 19.2. The molecule has 29 heavy (non-hydrogen) atoms. The molecule has 1 aliphatic rings. The Kier molecular flexibility index (Phi) is 8.13. The summed E-state index contributed by atoms with van der Waals surface area (Å²) in [6, 6.07) is 12.1. The van der Waals surface area contributed by atoms with Gasteiger partial charge in [-0.3, -0.25) is 0 Å². The van der Waals surface area contributed by atoms with E-state index in [1.165, 1.54) is 43.4 Å². The van der Waals surface area contributed by atoms with Crippen molar-refractivity contribution in [3.05, 3.63) is 64.5 Å². The lowest BCUT2D eigenvalue weighted by molar-refractivity contribution is 0.185. The Morgan fingerprint density at radius 2 is 1.83 bits per heavy atom. The Morgan fingerprint density at radius 1 is 1.10 bits per heavy atom. The van der Waals surface area contributed by atoms with E-state index in [2.05, 4.69) is 26.5 Å². The molecule has 0 atom stereocenters. The van der Waals surface area contributed by atoms with Crippen LogP contribution in [0.5, 0.6) is 5.75 Å². The number of halogens is 1. The summed E-state index contributed by atoms with van der Waals surface area (Å²) in [5, 5.41) is 0. The largest absolute Gasteiger partial charge is 0.490 e. The van der Waals surface area contributed by atoms with Gasteiger partial charge in [0.15, 0.2) is 0 Å². The number of hydrogen-bond acceptors (Lipinski definition) is 3. The molecule has 0 saturated heterocycles. The van der Waals surface area contributed by atoms with Crippen LogP contribution in [0.2, 0.25) is 0 Å². The van der Waals surface area contributed by atoms with Gasteiger partial charge < -0.3 is 13.9 Å². The van der Waals surface area contributed by atoms with Gasteiger partial charge in [0.2, 0.25) is 0 Å². The second-order valence-corrected chi connectivity index (χ2v) is 8.69. The van der Waals surface area contributed by atoms with Crippen LogP contribution in [0.3, 0.4) is 0 Å². The van der Waals surface area contributed by atoms with Crippen molar-refractivity contribution in [2.45, 2.75) is 64.6 Å². The summed E-state index contributed by atoms with van der Waals surface area (Å²) in [5.74, 6) is 1.50. The van der Waals surface area contributed by atoms with Crippen LogP contribution in [0.4, 0.5) is 0 Å². The Hall–Kier alpha value is -1.85. The molecular formula is C24H31BrN2O2. The summed E-state index contributed by atoms with van der Waals surface area (Å²) in [4.78, 5) is 4.81. The number of benzene rings is 1. The standard InChI is InChI=1S/C16H21BrN2O.C8H10O/c1-11(2)20-15-8-16-18-14(10-19(16)9-13(15)17)12-6-4-3-5-7-12;1-9-7-8-5-3-2-4-6-8/h8-12H,3-7H2,1-2H3;2-6H,7H2,1H3. The quantitative estimate of drug-likeness (QED) is 0.423. The Morgan fingerprint density at radius 3 is 2.48 bits per heavy atom. The number of methoxy groups -OCH3 is 1. The van der Waals surface area contributed by atoms with Crippen LogP contribution in [0.1, 0.15) is 63.1 Å². The number of imidazole rings is 1. The third-order valence-corrected chi connectivity index (χ3v) is 5.66. The van der Waals surface area contributed by atoms with E-state index in [-0.39, 0.29) is 6.10 Å². The number of nitrogens with zero attached hydrogens (tertiary/aromatic N) is 2. The first kappa shape index (κ1) is 21.8. The summed E-state index contributed by atoms with van der Waals surface area (Å²) in [5.41, 5.74) is 3.43. The van der Waals surface area contributed by atoms with E-state index in [0.717, 1.165) is 15.9 Å². The molecule has 1 aromatic carbocycles. The molecule has 0 spiro atoms. The highest BCUT2D eigenvalue weighted by atomic mass is 79.9. The molecule has 1 aliphatic carbocycles. The van der Waals surface area contributed by atoms with E-state index in [0.29, 0.717) is 12.5 Å². The van der Waals surface area contributed by atoms with Gasteiger partial charge in [0.05, 0.1) is 22.9 Å². The minimum atomic E-state index is 0.168. The van der Waals surface area contributed by atoms with E-state index >= 15 is 0 Å². The lowest BCUT2D eigenvalue weighted by Crippen LogP contribution is -2.06. The topological polar surface area (TPSA) is 35.8 Å². The van der Waals surface area contributed by atoms with Gasteiger partial charge in [-0.05, 0) is 48.2 Å². The highest BCUT2D eigenvalue weighted by molar-refractivity contribution is 9.10. The number of fused-ring (bicyclic) bond motifs is 1. The van der Waals surface area contributed by atoms with Crippen LogP contribution < -0.4 is 4.74 Å². The highest BCUT2D eigenvalue weighted by Gasteiger charge is 2.19.